The number of aromatic hydroxyl groups is 1. The number of halogens is 2. The van der Waals surface area contributed by atoms with Crippen LogP contribution in [-0.2, 0) is 0 Å². The van der Waals surface area contributed by atoms with E-state index in [1.807, 2.05) is 0 Å². The van der Waals surface area contributed by atoms with Crippen LogP contribution in [0.3, 0.4) is 0 Å². The van der Waals surface area contributed by atoms with Crippen molar-refractivity contribution in [1.82, 2.24) is 0 Å². The molecule has 0 aliphatic heterocycles. The summed E-state index contributed by atoms with van der Waals surface area (Å²) in [4.78, 5) is 12.0. The van der Waals surface area contributed by atoms with Gasteiger partial charge in [0.15, 0.2) is 0 Å². The lowest BCUT2D eigenvalue weighted by atomic mass is 10.1. The number of phenolic OH excluding ortho intramolecular Hbond substituents is 1. The zero-order valence-corrected chi connectivity index (χ0v) is 11.6. The molecule has 0 saturated heterocycles. The smallest absolute Gasteiger partial charge is 0.255 e. The molecule has 2 N–H and O–H groups in total. The number of benzene rings is 2. The van der Waals surface area contributed by atoms with E-state index in [-0.39, 0.29) is 11.7 Å². The van der Waals surface area contributed by atoms with Crippen molar-refractivity contribution in [3.05, 3.63) is 57.6 Å². The van der Waals surface area contributed by atoms with Crippen molar-refractivity contribution < 1.29 is 9.90 Å². The fourth-order valence-corrected chi connectivity index (χ4v) is 1.88. The van der Waals surface area contributed by atoms with Crippen molar-refractivity contribution in [2.45, 2.75) is 6.92 Å². The van der Waals surface area contributed by atoms with Gasteiger partial charge in [-0.3, -0.25) is 4.79 Å². The molecule has 2 aromatic rings. The van der Waals surface area contributed by atoms with Crippen LogP contribution in [0.15, 0.2) is 36.4 Å². The molecule has 0 aromatic heterocycles. The summed E-state index contributed by atoms with van der Waals surface area (Å²) in [6, 6.07) is 9.51. The molecule has 19 heavy (non-hydrogen) atoms. The Balaban J connectivity index is 2.25. The summed E-state index contributed by atoms with van der Waals surface area (Å²) in [6.45, 7) is 1.75. The molecule has 0 fully saturated rings. The van der Waals surface area contributed by atoms with Crippen LogP contribution in [0.2, 0.25) is 10.0 Å². The van der Waals surface area contributed by atoms with Crippen molar-refractivity contribution in [1.29, 1.82) is 0 Å². The van der Waals surface area contributed by atoms with Crippen molar-refractivity contribution in [3.63, 3.8) is 0 Å². The van der Waals surface area contributed by atoms with Gasteiger partial charge in [-0.25, -0.2) is 0 Å². The number of hydrogen-bond acceptors (Lipinski definition) is 2. The Hall–Kier alpha value is -1.71. The molecule has 0 radical (unpaired) electrons. The molecule has 0 heterocycles. The van der Waals surface area contributed by atoms with E-state index < -0.39 is 0 Å². The molecular formula is C14H11Cl2NO2. The minimum absolute atomic E-state index is 0.0739. The van der Waals surface area contributed by atoms with Gasteiger partial charge in [-0.15, -0.1) is 0 Å². The summed E-state index contributed by atoms with van der Waals surface area (Å²) in [5.41, 5.74) is 1.48. The maximum atomic E-state index is 12.0. The molecule has 0 unspecified atom stereocenters. The molecule has 0 spiro atoms. The molecule has 2 aromatic carbocycles. The monoisotopic (exact) mass is 295 g/mol. The van der Waals surface area contributed by atoms with Crippen molar-refractivity contribution >= 4 is 34.8 Å². The fraction of sp³-hybridized carbons (Fsp3) is 0.0714. The molecule has 1 amide bonds. The van der Waals surface area contributed by atoms with Crippen LogP contribution in [0.1, 0.15) is 15.9 Å². The molecule has 2 rings (SSSR count). The highest BCUT2D eigenvalue weighted by Gasteiger charge is 2.10. The third-order valence-corrected chi connectivity index (χ3v) is 3.21. The largest absolute Gasteiger partial charge is 0.508 e. The SMILES string of the molecule is Cc1ccc(C(=O)Nc2cc(Cl)ccc2Cl)cc1O. The number of phenols is 1. The lowest BCUT2D eigenvalue weighted by molar-refractivity contribution is 0.102. The Morgan fingerprint density at radius 2 is 1.89 bits per heavy atom. The average Bonchev–Trinajstić information content (AvgIpc) is 2.37. The van der Waals surface area contributed by atoms with E-state index in [2.05, 4.69) is 5.32 Å². The predicted octanol–water partition coefficient (Wildman–Crippen LogP) is 4.26. The Morgan fingerprint density at radius 3 is 2.58 bits per heavy atom. The van der Waals surface area contributed by atoms with Gasteiger partial charge in [-0.2, -0.15) is 0 Å². The zero-order chi connectivity index (χ0) is 14.0. The summed E-state index contributed by atoms with van der Waals surface area (Å²) in [7, 11) is 0. The second-order valence-electron chi connectivity index (χ2n) is 4.08. The number of carbonyl (C=O) groups excluding carboxylic acids is 1. The third-order valence-electron chi connectivity index (χ3n) is 2.65. The van der Waals surface area contributed by atoms with E-state index in [4.69, 9.17) is 23.2 Å². The van der Waals surface area contributed by atoms with E-state index >= 15 is 0 Å². The van der Waals surface area contributed by atoms with Crippen LogP contribution in [0.4, 0.5) is 5.69 Å². The highest BCUT2D eigenvalue weighted by molar-refractivity contribution is 6.35. The minimum atomic E-state index is -0.362. The molecule has 3 nitrogen and oxygen atoms in total. The second kappa shape index (κ2) is 5.51. The van der Waals surface area contributed by atoms with E-state index in [9.17, 15) is 9.90 Å². The first-order chi connectivity index (χ1) is 8.97. The van der Waals surface area contributed by atoms with Gasteiger partial charge in [-0.05, 0) is 42.8 Å². The van der Waals surface area contributed by atoms with Crippen LogP contribution >= 0.6 is 23.2 Å². The number of rotatable bonds is 2. The second-order valence-corrected chi connectivity index (χ2v) is 4.92. The van der Waals surface area contributed by atoms with Gasteiger partial charge in [0.25, 0.3) is 5.91 Å². The fourth-order valence-electron chi connectivity index (χ4n) is 1.54. The summed E-state index contributed by atoms with van der Waals surface area (Å²) >= 11 is 11.8. The highest BCUT2D eigenvalue weighted by Crippen LogP contribution is 2.26. The van der Waals surface area contributed by atoms with Crippen LogP contribution in [0, 0.1) is 6.92 Å². The number of anilines is 1. The Morgan fingerprint density at radius 1 is 1.16 bits per heavy atom. The van der Waals surface area contributed by atoms with E-state index in [0.29, 0.717) is 26.9 Å². The molecule has 0 aliphatic carbocycles. The Labute approximate surface area is 120 Å². The Bertz CT molecular complexity index is 641. The molecule has 0 atom stereocenters. The number of hydrogen-bond donors (Lipinski definition) is 2. The molecule has 98 valence electrons. The first kappa shape index (κ1) is 13.7. The van der Waals surface area contributed by atoms with Gasteiger partial charge in [0, 0.05) is 10.6 Å². The minimum Gasteiger partial charge on any atom is -0.508 e. The van der Waals surface area contributed by atoms with Crippen molar-refractivity contribution in [2.24, 2.45) is 0 Å². The van der Waals surface area contributed by atoms with Crippen LogP contribution in [0.25, 0.3) is 0 Å². The van der Waals surface area contributed by atoms with Crippen molar-refractivity contribution in [3.8, 4) is 5.75 Å². The number of aryl methyl sites for hydroxylation is 1. The molecule has 0 aliphatic rings. The number of carbonyl (C=O) groups is 1. The van der Waals surface area contributed by atoms with E-state index in [1.54, 1.807) is 37.3 Å². The lowest BCUT2D eigenvalue weighted by Crippen LogP contribution is -2.12. The summed E-state index contributed by atoms with van der Waals surface area (Å²) in [5, 5.41) is 13.1. The number of amides is 1. The standard InChI is InChI=1S/C14H11Cl2NO2/c1-8-2-3-9(6-13(8)18)14(19)17-12-7-10(15)4-5-11(12)16/h2-7,18H,1H3,(H,17,19). The maximum Gasteiger partial charge on any atom is 0.255 e. The van der Waals surface area contributed by atoms with Gasteiger partial charge < -0.3 is 10.4 Å². The molecule has 5 heteroatoms. The van der Waals surface area contributed by atoms with Gasteiger partial charge in [-0.1, -0.05) is 29.3 Å². The average molecular weight is 296 g/mol. The van der Waals surface area contributed by atoms with E-state index in [1.165, 1.54) is 6.07 Å². The molecule has 0 bridgehead atoms. The maximum absolute atomic E-state index is 12.0. The Kier molecular flexibility index (Phi) is 3.98. The highest BCUT2D eigenvalue weighted by atomic mass is 35.5. The summed E-state index contributed by atoms with van der Waals surface area (Å²) < 4.78 is 0. The quantitative estimate of drug-likeness (QED) is 0.870. The summed E-state index contributed by atoms with van der Waals surface area (Å²) in [5.74, 6) is -0.288. The van der Waals surface area contributed by atoms with Crippen LogP contribution in [0.5, 0.6) is 5.75 Å². The first-order valence-electron chi connectivity index (χ1n) is 5.53. The predicted molar refractivity (Wildman–Crippen MR) is 77.3 cm³/mol. The summed E-state index contributed by atoms with van der Waals surface area (Å²) in [6.07, 6.45) is 0. The number of nitrogens with one attached hydrogen (secondary N) is 1. The first-order valence-corrected chi connectivity index (χ1v) is 6.29. The topological polar surface area (TPSA) is 49.3 Å². The normalized spacial score (nSPS) is 10.3. The van der Waals surface area contributed by atoms with Gasteiger partial charge >= 0.3 is 0 Å². The van der Waals surface area contributed by atoms with Crippen LogP contribution in [-0.4, -0.2) is 11.0 Å². The van der Waals surface area contributed by atoms with Gasteiger partial charge in [0.1, 0.15) is 5.75 Å². The van der Waals surface area contributed by atoms with E-state index in [0.717, 1.165) is 0 Å². The van der Waals surface area contributed by atoms with Crippen molar-refractivity contribution in [2.75, 3.05) is 5.32 Å². The lowest BCUT2D eigenvalue weighted by Gasteiger charge is -2.08. The zero-order valence-electron chi connectivity index (χ0n) is 10.1. The molecular weight excluding hydrogens is 285 g/mol. The van der Waals surface area contributed by atoms with Crippen LogP contribution < -0.4 is 5.32 Å². The molecule has 0 saturated carbocycles. The van der Waals surface area contributed by atoms with Gasteiger partial charge in [0.2, 0.25) is 0 Å². The van der Waals surface area contributed by atoms with Gasteiger partial charge in [0.05, 0.1) is 10.7 Å². The third kappa shape index (κ3) is 3.19.